The quantitative estimate of drug-likeness (QED) is 0.759. The largest absolute Gasteiger partial charge is 0.383 e. The highest BCUT2D eigenvalue weighted by atomic mass is 16.5. The third kappa shape index (κ3) is 2.95. The molecular formula is C12H24N2O2. The van der Waals surface area contributed by atoms with Gasteiger partial charge in [-0.15, -0.1) is 0 Å². The maximum Gasteiger partial charge on any atom is 0.226 e. The van der Waals surface area contributed by atoms with E-state index in [1.54, 1.807) is 7.11 Å². The first kappa shape index (κ1) is 13.5. The van der Waals surface area contributed by atoms with Crippen LogP contribution in [0, 0.1) is 11.8 Å². The molecule has 0 bridgehead atoms. The Morgan fingerprint density at radius 1 is 1.56 bits per heavy atom. The highest BCUT2D eigenvalue weighted by Crippen LogP contribution is 2.32. The summed E-state index contributed by atoms with van der Waals surface area (Å²) in [5, 5.41) is 0. The first-order chi connectivity index (χ1) is 7.61. The number of rotatable bonds is 5. The summed E-state index contributed by atoms with van der Waals surface area (Å²) in [6.45, 7) is 3.22. The molecule has 0 aromatic carbocycles. The molecule has 0 heterocycles. The minimum absolute atomic E-state index is 0.134. The number of amides is 1. The van der Waals surface area contributed by atoms with E-state index in [-0.39, 0.29) is 17.9 Å². The van der Waals surface area contributed by atoms with Gasteiger partial charge in [-0.2, -0.15) is 0 Å². The lowest BCUT2D eigenvalue weighted by molar-refractivity contribution is -0.138. The molecule has 1 rings (SSSR count). The number of carbonyl (C=O) groups is 1. The molecule has 1 amide bonds. The average molecular weight is 228 g/mol. The summed E-state index contributed by atoms with van der Waals surface area (Å²) in [5.41, 5.74) is 5.70. The zero-order valence-corrected chi connectivity index (χ0v) is 10.6. The van der Waals surface area contributed by atoms with E-state index in [0.717, 1.165) is 19.3 Å². The van der Waals surface area contributed by atoms with Gasteiger partial charge in [-0.05, 0) is 32.2 Å². The van der Waals surface area contributed by atoms with E-state index in [1.807, 2.05) is 18.9 Å². The molecular weight excluding hydrogens is 204 g/mol. The van der Waals surface area contributed by atoms with E-state index < -0.39 is 0 Å². The summed E-state index contributed by atoms with van der Waals surface area (Å²) in [6, 6.07) is 0.136. The van der Waals surface area contributed by atoms with Crippen molar-refractivity contribution in [2.45, 2.75) is 32.2 Å². The molecule has 0 saturated heterocycles. The fourth-order valence-electron chi connectivity index (χ4n) is 2.48. The van der Waals surface area contributed by atoms with Crippen LogP contribution in [-0.4, -0.2) is 44.2 Å². The number of hydrogen-bond donors (Lipinski definition) is 1. The van der Waals surface area contributed by atoms with Crippen molar-refractivity contribution in [1.29, 1.82) is 0 Å². The number of nitrogens with two attached hydrogens (primary N) is 1. The van der Waals surface area contributed by atoms with E-state index in [0.29, 0.717) is 19.1 Å². The molecule has 3 atom stereocenters. The predicted octanol–water partition coefficient (Wildman–Crippen LogP) is 0.855. The van der Waals surface area contributed by atoms with Crippen molar-refractivity contribution in [3.05, 3.63) is 0 Å². The topological polar surface area (TPSA) is 55.6 Å². The van der Waals surface area contributed by atoms with Gasteiger partial charge in [0, 0.05) is 20.1 Å². The van der Waals surface area contributed by atoms with Crippen molar-refractivity contribution in [2.75, 3.05) is 27.3 Å². The molecule has 0 aliphatic heterocycles. The van der Waals surface area contributed by atoms with Gasteiger partial charge in [0.05, 0.1) is 12.6 Å². The van der Waals surface area contributed by atoms with Gasteiger partial charge in [0.1, 0.15) is 0 Å². The van der Waals surface area contributed by atoms with E-state index in [1.165, 1.54) is 0 Å². The van der Waals surface area contributed by atoms with E-state index in [4.69, 9.17) is 10.5 Å². The molecule has 0 radical (unpaired) electrons. The van der Waals surface area contributed by atoms with E-state index >= 15 is 0 Å². The fraction of sp³-hybridized carbons (Fsp3) is 0.917. The summed E-state index contributed by atoms with van der Waals surface area (Å²) in [7, 11) is 3.52. The van der Waals surface area contributed by atoms with Crippen LogP contribution in [0.2, 0.25) is 0 Å². The lowest BCUT2D eigenvalue weighted by atomic mass is 9.94. The molecule has 4 nitrogen and oxygen atoms in total. The molecule has 94 valence electrons. The monoisotopic (exact) mass is 228 g/mol. The van der Waals surface area contributed by atoms with Crippen LogP contribution in [-0.2, 0) is 9.53 Å². The summed E-state index contributed by atoms with van der Waals surface area (Å²) in [4.78, 5) is 14.1. The van der Waals surface area contributed by atoms with Crippen LogP contribution in [0.1, 0.15) is 26.2 Å². The SMILES string of the molecule is COCC(C)N(C)C(=O)C1CCCC1CN. The summed E-state index contributed by atoms with van der Waals surface area (Å²) in [6.07, 6.45) is 3.22. The smallest absolute Gasteiger partial charge is 0.226 e. The first-order valence-corrected chi connectivity index (χ1v) is 6.07. The lowest BCUT2D eigenvalue weighted by Gasteiger charge is -2.29. The maximum absolute atomic E-state index is 12.2. The Morgan fingerprint density at radius 3 is 2.81 bits per heavy atom. The Labute approximate surface area is 98.1 Å². The van der Waals surface area contributed by atoms with Crippen LogP contribution in [0.4, 0.5) is 0 Å². The van der Waals surface area contributed by atoms with Crippen molar-refractivity contribution in [1.82, 2.24) is 4.90 Å². The molecule has 0 aromatic heterocycles. The Bertz CT molecular complexity index is 233. The maximum atomic E-state index is 12.2. The highest BCUT2D eigenvalue weighted by Gasteiger charge is 2.34. The van der Waals surface area contributed by atoms with Crippen LogP contribution in [0.3, 0.4) is 0 Å². The number of methoxy groups -OCH3 is 1. The number of hydrogen-bond acceptors (Lipinski definition) is 3. The van der Waals surface area contributed by atoms with Crippen molar-refractivity contribution in [2.24, 2.45) is 17.6 Å². The van der Waals surface area contributed by atoms with Gasteiger partial charge in [0.25, 0.3) is 0 Å². The van der Waals surface area contributed by atoms with Crippen LogP contribution in [0.5, 0.6) is 0 Å². The molecule has 3 unspecified atom stereocenters. The van der Waals surface area contributed by atoms with Gasteiger partial charge in [-0.25, -0.2) is 0 Å². The molecule has 0 spiro atoms. The van der Waals surface area contributed by atoms with Crippen LogP contribution in [0.25, 0.3) is 0 Å². The summed E-state index contributed by atoms with van der Waals surface area (Å²) >= 11 is 0. The minimum Gasteiger partial charge on any atom is -0.383 e. The molecule has 1 saturated carbocycles. The zero-order chi connectivity index (χ0) is 12.1. The summed E-state index contributed by atoms with van der Waals surface area (Å²) in [5.74, 6) is 0.747. The second-order valence-corrected chi connectivity index (χ2v) is 4.79. The Morgan fingerprint density at radius 2 is 2.25 bits per heavy atom. The molecule has 1 aliphatic carbocycles. The minimum atomic E-state index is 0.134. The van der Waals surface area contributed by atoms with Crippen molar-refractivity contribution < 1.29 is 9.53 Å². The van der Waals surface area contributed by atoms with Crippen molar-refractivity contribution in [3.63, 3.8) is 0 Å². The fourth-order valence-corrected chi connectivity index (χ4v) is 2.48. The molecule has 4 heteroatoms. The van der Waals surface area contributed by atoms with Gasteiger partial charge in [0.15, 0.2) is 0 Å². The molecule has 1 aliphatic rings. The van der Waals surface area contributed by atoms with Crippen molar-refractivity contribution in [3.8, 4) is 0 Å². The second kappa shape index (κ2) is 6.21. The van der Waals surface area contributed by atoms with Crippen LogP contribution >= 0.6 is 0 Å². The molecule has 2 N–H and O–H groups in total. The van der Waals surface area contributed by atoms with Gasteiger partial charge < -0.3 is 15.4 Å². The van der Waals surface area contributed by atoms with Crippen LogP contribution in [0.15, 0.2) is 0 Å². The third-order valence-electron chi connectivity index (χ3n) is 3.70. The number of likely N-dealkylation sites (N-methyl/N-ethyl adjacent to an activating group) is 1. The average Bonchev–Trinajstić information content (AvgIpc) is 2.75. The summed E-state index contributed by atoms with van der Waals surface area (Å²) < 4.78 is 5.07. The number of nitrogens with zero attached hydrogens (tertiary/aromatic N) is 1. The Hall–Kier alpha value is -0.610. The number of ether oxygens (including phenoxy) is 1. The van der Waals surface area contributed by atoms with E-state index in [2.05, 4.69) is 0 Å². The van der Waals surface area contributed by atoms with Gasteiger partial charge in [0.2, 0.25) is 5.91 Å². The number of carbonyl (C=O) groups excluding carboxylic acids is 1. The van der Waals surface area contributed by atoms with Gasteiger partial charge in [-0.3, -0.25) is 4.79 Å². The second-order valence-electron chi connectivity index (χ2n) is 4.79. The highest BCUT2D eigenvalue weighted by molar-refractivity contribution is 5.79. The molecule has 1 fully saturated rings. The predicted molar refractivity (Wildman–Crippen MR) is 64.0 cm³/mol. The Balaban J connectivity index is 2.55. The van der Waals surface area contributed by atoms with Crippen LogP contribution < -0.4 is 5.73 Å². The normalized spacial score (nSPS) is 26.8. The van der Waals surface area contributed by atoms with Crippen molar-refractivity contribution >= 4 is 5.91 Å². The first-order valence-electron chi connectivity index (χ1n) is 6.07. The Kier molecular flexibility index (Phi) is 5.22. The van der Waals surface area contributed by atoms with E-state index in [9.17, 15) is 4.79 Å². The van der Waals surface area contributed by atoms with Gasteiger partial charge >= 0.3 is 0 Å². The van der Waals surface area contributed by atoms with Gasteiger partial charge in [-0.1, -0.05) is 6.42 Å². The zero-order valence-electron chi connectivity index (χ0n) is 10.6. The third-order valence-corrected chi connectivity index (χ3v) is 3.70. The molecule has 16 heavy (non-hydrogen) atoms. The standard InChI is InChI=1S/C12H24N2O2/c1-9(8-16-3)14(2)12(15)11-6-4-5-10(11)7-13/h9-11H,4-8,13H2,1-3H3. The lowest BCUT2D eigenvalue weighted by Crippen LogP contribution is -2.43. The molecule has 0 aromatic rings.